The van der Waals surface area contributed by atoms with E-state index < -0.39 is 23.3 Å². The Balaban J connectivity index is 1.99. The van der Waals surface area contributed by atoms with E-state index in [2.05, 4.69) is 15.9 Å². The lowest BCUT2D eigenvalue weighted by Crippen LogP contribution is -2.56. The minimum absolute atomic E-state index is 0.0120. The summed E-state index contributed by atoms with van der Waals surface area (Å²) in [6, 6.07) is 1.81. The number of ether oxygens (including phenoxy) is 1. The molecule has 1 fully saturated rings. The monoisotopic (exact) mass is 432 g/mol. The lowest BCUT2D eigenvalue weighted by molar-refractivity contribution is -0.133. The Hall–Kier alpha value is -1.70. The predicted octanol–water partition coefficient (Wildman–Crippen LogP) is 3.74. The largest absolute Gasteiger partial charge is 0.444 e. The van der Waals surface area contributed by atoms with E-state index in [4.69, 9.17) is 4.74 Å². The fourth-order valence-corrected chi connectivity index (χ4v) is 3.07. The molecule has 0 N–H and O–H groups in total. The van der Waals surface area contributed by atoms with Crippen molar-refractivity contribution in [1.82, 2.24) is 9.80 Å². The van der Waals surface area contributed by atoms with E-state index in [1.54, 1.807) is 30.6 Å². The average molecular weight is 433 g/mol. The van der Waals surface area contributed by atoms with Gasteiger partial charge in [-0.1, -0.05) is 0 Å². The zero-order valence-corrected chi connectivity index (χ0v) is 16.9. The van der Waals surface area contributed by atoms with Crippen molar-refractivity contribution in [2.24, 2.45) is 0 Å². The van der Waals surface area contributed by atoms with Crippen LogP contribution < -0.4 is 0 Å². The van der Waals surface area contributed by atoms with Gasteiger partial charge in [-0.05, 0) is 55.8 Å². The van der Waals surface area contributed by atoms with Crippen LogP contribution in [0, 0.1) is 11.6 Å². The summed E-state index contributed by atoms with van der Waals surface area (Å²) in [5.74, 6) is -1.55. The lowest BCUT2D eigenvalue weighted by Gasteiger charge is -2.40. The Morgan fingerprint density at radius 1 is 1.23 bits per heavy atom. The van der Waals surface area contributed by atoms with E-state index in [0.717, 1.165) is 12.1 Å². The standard InChI is InChI=1S/C18H23BrF2N2O3/c1-11-10-22(5-6-23(11)17(25)26-18(2,3)4)16(24)8-12-7-15(21)13(19)9-14(12)20/h7,9,11H,5-6,8,10H2,1-4H3/t11-/m1/s1. The number of halogens is 3. The number of carbonyl (C=O) groups is 2. The Bertz CT molecular complexity index is 706. The highest BCUT2D eigenvalue weighted by Crippen LogP contribution is 2.21. The summed E-state index contributed by atoms with van der Waals surface area (Å²) in [6.45, 7) is 8.17. The molecule has 0 aliphatic carbocycles. The van der Waals surface area contributed by atoms with Crippen LogP contribution in [-0.4, -0.2) is 53.1 Å². The molecule has 0 radical (unpaired) electrons. The highest BCUT2D eigenvalue weighted by atomic mass is 79.9. The van der Waals surface area contributed by atoms with Crippen molar-refractivity contribution in [3.05, 3.63) is 33.8 Å². The highest BCUT2D eigenvalue weighted by Gasteiger charge is 2.32. The average Bonchev–Trinajstić information content (AvgIpc) is 2.50. The first-order valence-electron chi connectivity index (χ1n) is 8.38. The summed E-state index contributed by atoms with van der Waals surface area (Å²) in [5.41, 5.74) is -0.578. The van der Waals surface area contributed by atoms with Gasteiger partial charge in [0.15, 0.2) is 0 Å². The minimum Gasteiger partial charge on any atom is -0.444 e. The van der Waals surface area contributed by atoms with Crippen LogP contribution in [0.1, 0.15) is 33.3 Å². The fourth-order valence-electron chi connectivity index (χ4n) is 2.75. The number of rotatable bonds is 2. The van der Waals surface area contributed by atoms with Crippen LogP contribution in [0.4, 0.5) is 13.6 Å². The molecule has 26 heavy (non-hydrogen) atoms. The normalized spacial score (nSPS) is 18.0. The van der Waals surface area contributed by atoms with Crippen molar-refractivity contribution in [3.63, 3.8) is 0 Å². The first-order valence-corrected chi connectivity index (χ1v) is 9.18. The Labute approximate surface area is 160 Å². The maximum atomic E-state index is 13.9. The van der Waals surface area contributed by atoms with Crippen molar-refractivity contribution in [2.75, 3.05) is 19.6 Å². The molecular formula is C18H23BrF2N2O3. The van der Waals surface area contributed by atoms with E-state index in [-0.39, 0.29) is 28.4 Å². The minimum atomic E-state index is -0.632. The molecule has 1 heterocycles. The summed E-state index contributed by atoms with van der Waals surface area (Å²) >= 11 is 2.91. The van der Waals surface area contributed by atoms with Crippen LogP contribution >= 0.6 is 15.9 Å². The Morgan fingerprint density at radius 2 is 1.88 bits per heavy atom. The van der Waals surface area contributed by atoms with Crippen molar-refractivity contribution in [2.45, 2.75) is 45.8 Å². The molecule has 8 heteroatoms. The van der Waals surface area contributed by atoms with E-state index in [0.29, 0.717) is 19.6 Å². The summed E-state index contributed by atoms with van der Waals surface area (Å²) in [6.07, 6.45) is -0.645. The van der Waals surface area contributed by atoms with Gasteiger partial charge in [-0.25, -0.2) is 13.6 Å². The smallest absolute Gasteiger partial charge is 0.410 e. The summed E-state index contributed by atoms with van der Waals surface area (Å²) in [4.78, 5) is 27.8. The molecule has 0 spiro atoms. The van der Waals surface area contributed by atoms with Gasteiger partial charge in [0.25, 0.3) is 0 Å². The van der Waals surface area contributed by atoms with Gasteiger partial charge in [-0.15, -0.1) is 0 Å². The highest BCUT2D eigenvalue weighted by molar-refractivity contribution is 9.10. The van der Waals surface area contributed by atoms with Gasteiger partial charge in [0.2, 0.25) is 5.91 Å². The van der Waals surface area contributed by atoms with Crippen LogP contribution in [0.25, 0.3) is 0 Å². The van der Waals surface area contributed by atoms with E-state index in [1.165, 1.54) is 0 Å². The molecule has 0 saturated carbocycles. The van der Waals surface area contributed by atoms with Crippen molar-refractivity contribution in [1.29, 1.82) is 0 Å². The summed E-state index contributed by atoms with van der Waals surface area (Å²) < 4.78 is 32.9. The Morgan fingerprint density at radius 3 is 2.46 bits per heavy atom. The summed E-state index contributed by atoms with van der Waals surface area (Å²) in [5, 5.41) is 0. The van der Waals surface area contributed by atoms with Gasteiger partial charge in [-0.3, -0.25) is 4.79 Å². The van der Waals surface area contributed by atoms with Crippen LogP contribution in [0.5, 0.6) is 0 Å². The quantitative estimate of drug-likeness (QED) is 0.668. The fraction of sp³-hybridized carbons (Fsp3) is 0.556. The van der Waals surface area contributed by atoms with Gasteiger partial charge in [0.05, 0.1) is 10.9 Å². The molecule has 0 bridgehead atoms. The molecule has 1 aliphatic heterocycles. The molecule has 2 rings (SSSR count). The molecule has 2 amide bonds. The number of hydrogen-bond donors (Lipinski definition) is 0. The van der Waals surface area contributed by atoms with Crippen molar-refractivity contribution >= 4 is 27.9 Å². The second-order valence-corrected chi connectivity index (χ2v) is 8.25. The third kappa shape index (κ3) is 5.16. The number of hydrogen-bond acceptors (Lipinski definition) is 3. The lowest BCUT2D eigenvalue weighted by atomic mass is 10.1. The van der Waals surface area contributed by atoms with Gasteiger partial charge in [0.1, 0.15) is 17.2 Å². The van der Waals surface area contributed by atoms with Gasteiger partial charge in [-0.2, -0.15) is 0 Å². The van der Waals surface area contributed by atoms with Crippen LogP contribution in [0.2, 0.25) is 0 Å². The molecule has 1 atom stereocenters. The second kappa shape index (κ2) is 7.90. The number of amides is 2. The number of piperazine rings is 1. The molecule has 1 aromatic carbocycles. The molecule has 5 nitrogen and oxygen atoms in total. The van der Waals surface area contributed by atoms with Gasteiger partial charge < -0.3 is 14.5 Å². The Kier molecular flexibility index (Phi) is 6.26. The predicted molar refractivity (Wildman–Crippen MR) is 96.7 cm³/mol. The summed E-state index contributed by atoms with van der Waals surface area (Å²) in [7, 11) is 0. The van der Waals surface area contributed by atoms with E-state index in [1.807, 2.05) is 6.92 Å². The van der Waals surface area contributed by atoms with Crippen molar-refractivity contribution < 1.29 is 23.1 Å². The third-order valence-electron chi connectivity index (χ3n) is 4.04. The molecule has 1 saturated heterocycles. The van der Waals surface area contributed by atoms with Gasteiger partial charge in [0, 0.05) is 31.2 Å². The molecule has 144 valence electrons. The number of benzene rings is 1. The van der Waals surface area contributed by atoms with Crippen LogP contribution in [0.15, 0.2) is 16.6 Å². The van der Waals surface area contributed by atoms with Crippen molar-refractivity contribution in [3.8, 4) is 0 Å². The second-order valence-electron chi connectivity index (χ2n) is 7.40. The first kappa shape index (κ1) is 20.6. The molecule has 0 aromatic heterocycles. The number of nitrogens with zero attached hydrogens (tertiary/aromatic N) is 2. The van der Waals surface area contributed by atoms with Crippen LogP contribution in [-0.2, 0) is 16.0 Å². The van der Waals surface area contributed by atoms with E-state index in [9.17, 15) is 18.4 Å². The topological polar surface area (TPSA) is 49.9 Å². The van der Waals surface area contributed by atoms with E-state index >= 15 is 0 Å². The molecule has 0 unspecified atom stereocenters. The van der Waals surface area contributed by atoms with Gasteiger partial charge >= 0.3 is 6.09 Å². The number of carbonyl (C=O) groups excluding carboxylic acids is 2. The maximum absolute atomic E-state index is 13.9. The molecule has 1 aromatic rings. The third-order valence-corrected chi connectivity index (χ3v) is 4.65. The SMILES string of the molecule is C[C@@H]1CN(C(=O)Cc2cc(F)c(Br)cc2F)CCN1C(=O)OC(C)(C)C. The molecular weight excluding hydrogens is 410 g/mol. The zero-order chi connectivity index (χ0) is 19.6. The first-order chi connectivity index (χ1) is 12.0. The zero-order valence-electron chi connectivity index (χ0n) is 15.3. The van der Waals surface area contributed by atoms with Crippen LogP contribution in [0.3, 0.4) is 0 Å². The maximum Gasteiger partial charge on any atom is 0.410 e. The molecule has 1 aliphatic rings.